The normalized spacial score (nSPS) is 12.0. The fraction of sp³-hybridized carbons (Fsp3) is 0.895. The Morgan fingerprint density at radius 3 is 1.91 bits per heavy atom. The van der Waals surface area contributed by atoms with Crippen molar-refractivity contribution in [2.75, 3.05) is 7.05 Å². The van der Waals surface area contributed by atoms with E-state index in [0.717, 1.165) is 25.7 Å². The van der Waals surface area contributed by atoms with E-state index in [2.05, 4.69) is 12.2 Å². The van der Waals surface area contributed by atoms with Crippen LogP contribution in [0.25, 0.3) is 0 Å². The molecule has 136 valence electrons. The molecule has 4 nitrogen and oxygen atoms in total. The first-order valence-corrected chi connectivity index (χ1v) is 9.48. The van der Waals surface area contributed by atoms with E-state index < -0.39 is 0 Å². The fourth-order valence-electron chi connectivity index (χ4n) is 2.79. The van der Waals surface area contributed by atoms with Gasteiger partial charge in [0.1, 0.15) is 6.10 Å². The van der Waals surface area contributed by atoms with Crippen LogP contribution in [0.3, 0.4) is 0 Å². The monoisotopic (exact) mass is 327 g/mol. The van der Waals surface area contributed by atoms with Gasteiger partial charge >= 0.3 is 5.97 Å². The Morgan fingerprint density at radius 2 is 1.39 bits per heavy atom. The summed E-state index contributed by atoms with van der Waals surface area (Å²) >= 11 is 0. The second-order valence-corrected chi connectivity index (χ2v) is 6.41. The molecule has 4 heteroatoms. The molecule has 0 heterocycles. The third-order valence-corrected chi connectivity index (χ3v) is 4.17. The SMILES string of the molecule is CCCCCCCCCCC[C@@H](CCCC(=O)NC)OC(C)=O. The molecular weight excluding hydrogens is 290 g/mol. The topological polar surface area (TPSA) is 55.4 Å². The van der Waals surface area contributed by atoms with Gasteiger partial charge in [0.25, 0.3) is 0 Å². The number of carbonyl (C=O) groups excluding carboxylic acids is 2. The van der Waals surface area contributed by atoms with E-state index in [1.165, 1.54) is 58.3 Å². The minimum Gasteiger partial charge on any atom is -0.463 e. The van der Waals surface area contributed by atoms with Crippen LogP contribution < -0.4 is 5.32 Å². The number of amides is 1. The van der Waals surface area contributed by atoms with Crippen LogP contribution in [0, 0.1) is 0 Å². The van der Waals surface area contributed by atoms with Gasteiger partial charge in [-0.25, -0.2) is 0 Å². The number of ether oxygens (including phenoxy) is 1. The molecule has 0 unspecified atom stereocenters. The highest BCUT2D eigenvalue weighted by molar-refractivity contribution is 5.75. The van der Waals surface area contributed by atoms with Crippen LogP contribution in [-0.4, -0.2) is 25.0 Å². The summed E-state index contributed by atoms with van der Waals surface area (Å²) in [5.74, 6) is -0.166. The molecule has 0 aromatic heterocycles. The Morgan fingerprint density at radius 1 is 0.870 bits per heavy atom. The average molecular weight is 328 g/mol. The van der Waals surface area contributed by atoms with Crippen LogP contribution >= 0.6 is 0 Å². The van der Waals surface area contributed by atoms with Crippen LogP contribution in [0.5, 0.6) is 0 Å². The summed E-state index contributed by atoms with van der Waals surface area (Å²) in [5.41, 5.74) is 0. The van der Waals surface area contributed by atoms with E-state index >= 15 is 0 Å². The van der Waals surface area contributed by atoms with Crippen molar-refractivity contribution < 1.29 is 14.3 Å². The highest BCUT2D eigenvalue weighted by Gasteiger charge is 2.12. The van der Waals surface area contributed by atoms with E-state index in [1.807, 2.05) is 0 Å². The Bertz CT molecular complexity index is 305. The van der Waals surface area contributed by atoms with Gasteiger partial charge in [-0.3, -0.25) is 9.59 Å². The second kappa shape index (κ2) is 15.8. The predicted molar refractivity (Wildman–Crippen MR) is 95.3 cm³/mol. The molecule has 23 heavy (non-hydrogen) atoms. The molecule has 0 aliphatic heterocycles. The van der Waals surface area contributed by atoms with Crippen molar-refractivity contribution in [1.29, 1.82) is 0 Å². The van der Waals surface area contributed by atoms with Gasteiger partial charge < -0.3 is 10.1 Å². The van der Waals surface area contributed by atoms with Gasteiger partial charge in [-0.2, -0.15) is 0 Å². The molecule has 0 spiro atoms. The Labute approximate surface area is 142 Å². The van der Waals surface area contributed by atoms with Crippen LogP contribution in [-0.2, 0) is 14.3 Å². The van der Waals surface area contributed by atoms with Crippen molar-refractivity contribution in [1.82, 2.24) is 5.32 Å². The lowest BCUT2D eigenvalue weighted by Gasteiger charge is -2.16. The molecule has 0 aliphatic rings. The number of nitrogens with one attached hydrogen (secondary N) is 1. The summed E-state index contributed by atoms with van der Waals surface area (Å²) in [4.78, 5) is 22.4. The molecule has 0 aromatic rings. The highest BCUT2D eigenvalue weighted by atomic mass is 16.5. The number of esters is 1. The minimum atomic E-state index is -0.217. The zero-order chi connectivity index (χ0) is 17.3. The number of rotatable bonds is 15. The first-order valence-electron chi connectivity index (χ1n) is 9.48. The van der Waals surface area contributed by atoms with E-state index in [4.69, 9.17) is 4.74 Å². The summed E-state index contributed by atoms with van der Waals surface area (Å²) in [6, 6.07) is 0. The molecule has 0 saturated carbocycles. The molecule has 1 atom stereocenters. The van der Waals surface area contributed by atoms with Gasteiger partial charge in [-0.05, 0) is 25.7 Å². The van der Waals surface area contributed by atoms with Gasteiger partial charge in [-0.1, -0.05) is 58.3 Å². The summed E-state index contributed by atoms with van der Waals surface area (Å²) in [5, 5.41) is 2.62. The summed E-state index contributed by atoms with van der Waals surface area (Å²) in [7, 11) is 1.65. The van der Waals surface area contributed by atoms with Crippen LogP contribution in [0.15, 0.2) is 0 Å². The second-order valence-electron chi connectivity index (χ2n) is 6.41. The van der Waals surface area contributed by atoms with Crippen LogP contribution in [0.4, 0.5) is 0 Å². The van der Waals surface area contributed by atoms with E-state index in [1.54, 1.807) is 7.05 Å². The number of unbranched alkanes of at least 4 members (excludes halogenated alkanes) is 8. The van der Waals surface area contributed by atoms with Crippen molar-refractivity contribution >= 4 is 11.9 Å². The highest BCUT2D eigenvalue weighted by Crippen LogP contribution is 2.16. The Hall–Kier alpha value is -1.06. The molecule has 0 saturated heterocycles. The number of hydrogen-bond acceptors (Lipinski definition) is 3. The third kappa shape index (κ3) is 15.6. The molecule has 0 rings (SSSR count). The maximum atomic E-state index is 11.2. The average Bonchev–Trinajstić information content (AvgIpc) is 2.52. The number of hydrogen-bond donors (Lipinski definition) is 1. The molecular formula is C19H37NO3. The van der Waals surface area contributed by atoms with Crippen molar-refractivity contribution in [2.24, 2.45) is 0 Å². The van der Waals surface area contributed by atoms with E-state index in [9.17, 15) is 9.59 Å². The molecule has 0 radical (unpaired) electrons. The Balaban J connectivity index is 3.67. The summed E-state index contributed by atoms with van der Waals surface area (Å²) in [6.07, 6.45) is 14.6. The summed E-state index contributed by atoms with van der Waals surface area (Å²) in [6.45, 7) is 3.70. The predicted octanol–water partition coefficient (Wildman–Crippen LogP) is 4.76. The third-order valence-electron chi connectivity index (χ3n) is 4.17. The quantitative estimate of drug-likeness (QED) is 0.349. The molecule has 0 aromatic carbocycles. The van der Waals surface area contributed by atoms with Crippen LogP contribution in [0.1, 0.15) is 97.3 Å². The molecule has 0 aliphatic carbocycles. The number of carbonyl (C=O) groups is 2. The molecule has 1 N–H and O–H groups in total. The van der Waals surface area contributed by atoms with Crippen molar-refractivity contribution in [3.63, 3.8) is 0 Å². The van der Waals surface area contributed by atoms with Gasteiger partial charge in [0, 0.05) is 20.4 Å². The minimum absolute atomic E-state index is 0.0262. The standard InChI is InChI=1S/C19H37NO3/c1-4-5-6-7-8-9-10-11-12-14-18(23-17(2)21)15-13-16-19(22)20-3/h18H,4-16H2,1-3H3,(H,20,22)/t18-/m0/s1. The lowest BCUT2D eigenvalue weighted by atomic mass is 10.0. The largest absolute Gasteiger partial charge is 0.463 e. The van der Waals surface area contributed by atoms with Gasteiger partial charge in [0.2, 0.25) is 5.91 Å². The molecule has 0 bridgehead atoms. The first kappa shape index (κ1) is 21.9. The lowest BCUT2D eigenvalue weighted by Crippen LogP contribution is -2.20. The lowest BCUT2D eigenvalue weighted by molar-refractivity contribution is -0.147. The maximum Gasteiger partial charge on any atom is 0.302 e. The maximum absolute atomic E-state index is 11.2. The molecule has 1 amide bonds. The van der Waals surface area contributed by atoms with E-state index in [-0.39, 0.29) is 18.0 Å². The van der Waals surface area contributed by atoms with Crippen LogP contribution in [0.2, 0.25) is 0 Å². The van der Waals surface area contributed by atoms with E-state index in [0.29, 0.717) is 6.42 Å². The zero-order valence-electron chi connectivity index (χ0n) is 15.5. The smallest absolute Gasteiger partial charge is 0.302 e. The van der Waals surface area contributed by atoms with Crippen molar-refractivity contribution in [3.8, 4) is 0 Å². The Kier molecular flexibility index (Phi) is 15.1. The van der Waals surface area contributed by atoms with Crippen molar-refractivity contribution in [3.05, 3.63) is 0 Å². The fourth-order valence-corrected chi connectivity index (χ4v) is 2.79. The van der Waals surface area contributed by atoms with Gasteiger partial charge in [0.05, 0.1) is 0 Å². The zero-order valence-corrected chi connectivity index (χ0v) is 15.5. The summed E-state index contributed by atoms with van der Waals surface area (Å²) < 4.78 is 5.37. The first-order chi connectivity index (χ1) is 11.1. The van der Waals surface area contributed by atoms with Crippen molar-refractivity contribution in [2.45, 2.75) is 103 Å². The molecule has 0 fully saturated rings. The van der Waals surface area contributed by atoms with Gasteiger partial charge in [0.15, 0.2) is 0 Å². The van der Waals surface area contributed by atoms with Gasteiger partial charge in [-0.15, -0.1) is 0 Å².